The van der Waals surface area contributed by atoms with Crippen LogP contribution in [-0.4, -0.2) is 15.9 Å². The Balaban J connectivity index is 1.54. The van der Waals surface area contributed by atoms with Crippen LogP contribution in [-0.2, 0) is 0 Å². The third-order valence-corrected chi connectivity index (χ3v) is 5.68. The Morgan fingerprint density at radius 1 is 0.875 bits per heavy atom. The standard InChI is InChI=1S/C26H19ClN4O/c1-16-5-10-22-21(12-14-29-25(22)30-19-8-6-18(27)7-9-19)24(16)31-26(32)23-4-2-3-17-15-28-13-11-20(17)23/h2-15H,1H3,(H,29,30)(H,31,32). The average molecular weight is 439 g/mol. The summed E-state index contributed by atoms with van der Waals surface area (Å²) >= 11 is 6.00. The molecule has 32 heavy (non-hydrogen) atoms. The Hall–Kier alpha value is -3.96. The van der Waals surface area contributed by atoms with Gasteiger partial charge in [0, 0.05) is 51.0 Å². The number of nitrogens with one attached hydrogen (secondary N) is 2. The second-order valence-electron chi connectivity index (χ2n) is 7.50. The van der Waals surface area contributed by atoms with Crippen LogP contribution in [0.3, 0.4) is 0 Å². The van der Waals surface area contributed by atoms with Crippen molar-refractivity contribution in [2.75, 3.05) is 10.6 Å². The zero-order valence-electron chi connectivity index (χ0n) is 17.3. The average Bonchev–Trinajstić information content (AvgIpc) is 2.82. The lowest BCUT2D eigenvalue weighted by molar-refractivity contribution is 0.102. The summed E-state index contributed by atoms with van der Waals surface area (Å²) < 4.78 is 0. The zero-order chi connectivity index (χ0) is 22.1. The van der Waals surface area contributed by atoms with E-state index >= 15 is 0 Å². The molecule has 0 fully saturated rings. The van der Waals surface area contributed by atoms with E-state index in [2.05, 4.69) is 20.6 Å². The van der Waals surface area contributed by atoms with Crippen molar-refractivity contribution >= 4 is 56.2 Å². The van der Waals surface area contributed by atoms with E-state index in [1.807, 2.05) is 73.7 Å². The van der Waals surface area contributed by atoms with Crippen LogP contribution in [0.1, 0.15) is 15.9 Å². The Kier molecular flexibility index (Phi) is 5.17. The highest BCUT2D eigenvalue weighted by atomic mass is 35.5. The first-order chi connectivity index (χ1) is 15.6. The number of nitrogens with zero attached hydrogens (tertiary/aromatic N) is 2. The number of fused-ring (bicyclic) bond motifs is 2. The summed E-state index contributed by atoms with van der Waals surface area (Å²) in [6.07, 6.45) is 5.19. The number of rotatable bonds is 4. The highest BCUT2D eigenvalue weighted by Crippen LogP contribution is 2.33. The van der Waals surface area contributed by atoms with E-state index in [0.29, 0.717) is 16.4 Å². The predicted octanol–water partition coefficient (Wildman–Crippen LogP) is 6.74. The number of aromatic nitrogens is 2. The van der Waals surface area contributed by atoms with E-state index < -0.39 is 0 Å². The second kappa shape index (κ2) is 8.29. The van der Waals surface area contributed by atoms with E-state index in [0.717, 1.165) is 38.5 Å². The van der Waals surface area contributed by atoms with Crippen molar-refractivity contribution in [3.05, 3.63) is 101 Å². The number of carbonyl (C=O) groups is 1. The number of benzene rings is 3. The molecule has 0 saturated carbocycles. The van der Waals surface area contributed by atoms with Gasteiger partial charge >= 0.3 is 0 Å². The van der Waals surface area contributed by atoms with Gasteiger partial charge in [0.1, 0.15) is 5.82 Å². The van der Waals surface area contributed by atoms with E-state index in [9.17, 15) is 4.79 Å². The lowest BCUT2D eigenvalue weighted by atomic mass is 10.0. The highest BCUT2D eigenvalue weighted by Gasteiger charge is 2.15. The fourth-order valence-electron chi connectivity index (χ4n) is 3.80. The smallest absolute Gasteiger partial charge is 0.256 e. The zero-order valence-corrected chi connectivity index (χ0v) is 18.0. The largest absolute Gasteiger partial charge is 0.340 e. The number of anilines is 3. The van der Waals surface area contributed by atoms with Crippen molar-refractivity contribution in [3.8, 4) is 0 Å². The molecule has 0 spiro atoms. The monoisotopic (exact) mass is 438 g/mol. The first-order valence-corrected chi connectivity index (χ1v) is 10.5. The van der Waals surface area contributed by atoms with Crippen LogP contribution < -0.4 is 10.6 Å². The fourth-order valence-corrected chi connectivity index (χ4v) is 3.93. The molecule has 5 nitrogen and oxygen atoms in total. The van der Waals surface area contributed by atoms with Crippen molar-refractivity contribution in [1.82, 2.24) is 9.97 Å². The lowest BCUT2D eigenvalue weighted by Gasteiger charge is -2.15. The number of hydrogen-bond donors (Lipinski definition) is 2. The molecule has 0 atom stereocenters. The van der Waals surface area contributed by atoms with Gasteiger partial charge in [-0.25, -0.2) is 4.98 Å². The third kappa shape index (κ3) is 3.74. The summed E-state index contributed by atoms with van der Waals surface area (Å²) in [6, 6.07) is 20.9. The van der Waals surface area contributed by atoms with Gasteiger partial charge in [0.15, 0.2) is 0 Å². The molecule has 0 unspecified atom stereocenters. The summed E-state index contributed by atoms with van der Waals surface area (Å²) in [5.74, 6) is 0.540. The molecule has 156 valence electrons. The van der Waals surface area contributed by atoms with E-state index in [4.69, 9.17) is 11.6 Å². The molecule has 0 bridgehead atoms. The topological polar surface area (TPSA) is 66.9 Å². The van der Waals surface area contributed by atoms with Crippen LogP contribution in [0.25, 0.3) is 21.5 Å². The van der Waals surface area contributed by atoms with Gasteiger partial charge in [-0.3, -0.25) is 9.78 Å². The first-order valence-electron chi connectivity index (χ1n) is 10.2. The van der Waals surface area contributed by atoms with Crippen molar-refractivity contribution < 1.29 is 4.79 Å². The van der Waals surface area contributed by atoms with Gasteiger partial charge in [-0.05, 0) is 60.3 Å². The summed E-state index contributed by atoms with van der Waals surface area (Å²) in [5, 5.41) is 10.7. The number of hydrogen-bond acceptors (Lipinski definition) is 4. The molecule has 0 aliphatic rings. The molecule has 3 aromatic carbocycles. The van der Waals surface area contributed by atoms with Gasteiger partial charge in [-0.15, -0.1) is 0 Å². The molecule has 2 heterocycles. The second-order valence-corrected chi connectivity index (χ2v) is 7.94. The molecule has 5 rings (SSSR count). The minimum Gasteiger partial charge on any atom is -0.340 e. The van der Waals surface area contributed by atoms with Gasteiger partial charge in [0.25, 0.3) is 5.91 Å². The van der Waals surface area contributed by atoms with Crippen LogP contribution in [0, 0.1) is 6.92 Å². The van der Waals surface area contributed by atoms with E-state index in [-0.39, 0.29) is 5.91 Å². The minimum absolute atomic E-state index is 0.165. The van der Waals surface area contributed by atoms with Crippen LogP contribution >= 0.6 is 11.6 Å². The van der Waals surface area contributed by atoms with E-state index in [1.54, 1.807) is 18.6 Å². The molecular weight excluding hydrogens is 420 g/mol. The lowest BCUT2D eigenvalue weighted by Crippen LogP contribution is -2.14. The van der Waals surface area contributed by atoms with Gasteiger partial charge in [0.05, 0.1) is 5.69 Å². The number of carbonyl (C=O) groups excluding carboxylic acids is 1. The molecule has 0 aliphatic heterocycles. The highest BCUT2D eigenvalue weighted by molar-refractivity contribution is 6.30. The Morgan fingerprint density at radius 2 is 1.69 bits per heavy atom. The maximum absolute atomic E-state index is 13.3. The number of halogens is 1. The Morgan fingerprint density at radius 3 is 2.53 bits per heavy atom. The van der Waals surface area contributed by atoms with Crippen molar-refractivity contribution in [3.63, 3.8) is 0 Å². The SMILES string of the molecule is Cc1ccc2c(Nc3ccc(Cl)cc3)nccc2c1NC(=O)c1cccc2cnccc12. The quantitative estimate of drug-likeness (QED) is 0.326. The third-order valence-electron chi connectivity index (χ3n) is 5.42. The van der Waals surface area contributed by atoms with Gasteiger partial charge in [-0.1, -0.05) is 35.9 Å². The molecular formula is C26H19ClN4O. The van der Waals surface area contributed by atoms with Crippen molar-refractivity contribution in [2.45, 2.75) is 6.92 Å². The van der Waals surface area contributed by atoms with E-state index in [1.165, 1.54) is 0 Å². The van der Waals surface area contributed by atoms with Crippen LogP contribution in [0.15, 0.2) is 85.3 Å². The number of pyridine rings is 2. The maximum Gasteiger partial charge on any atom is 0.256 e. The van der Waals surface area contributed by atoms with Crippen molar-refractivity contribution in [1.29, 1.82) is 0 Å². The van der Waals surface area contributed by atoms with Crippen LogP contribution in [0.4, 0.5) is 17.2 Å². The molecule has 2 N–H and O–H groups in total. The maximum atomic E-state index is 13.3. The number of amides is 1. The molecule has 0 aliphatic carbocycles. The molecule has 1 amide bonds. The minimum atomic E-state index is -0.165. The summed E-state index contributed by atoms with van der Waals surface area (Å²) in [6.45, 7) is 1.98. The van der Waals surface area contributed by atoms with Gasteiger partial charge in [0.2, 0.25) is 0 Å². The first kappa shape index (κ1) is 20.0. The summed E-state index contributed by atoms with van der Waals surface area (Å²) in [5.41, 5.74) is 3.22. The van der Waals surface area contributed by atoms with Gasteiger partial charge in [-0.2, -0.15) is 0 Å². The van der Waals surface area contributed by atoms with Crippen LogP contribution in [0.5, 0.6) is 0 Å². The van der Waals surface area contributed by atoms with Gasteiger partial charge < -0.3 is 10.6 Å². The molecule has 0 saturated heterocycles. The summed E-state index contributed by atoms with van der Waals surface area (Å²) in [4.78, 5) is 21.9. The van der Waals surface area contributed by atoms with Crippen LogP contribution in [0.2, 0.25) is 5.02 Å². The Bertz CT molecular complexity index is 1460. The Labute approximate surface area is 190 Å². The fraction of sp³-hybridized carbons (Fsp3) is 0.0385. The van der Waals surface area contributed by atoms with Crippen molar-refractivity contribution in [2.24, 2.45) is 0 Å². The molecule has 2 aromatic heterocycles. The summed E-state index contributed by atoms with van der Waals surface area (Å²) in [7, 11) is 0. The predicted molar refractivity (Wildman–Crippen MR) is 131 cm³/mol. The molecule has 0 radical (unpaired) electrons. The molecule has 5 aromatic rings. The molecule has 6 heteroatoms. The normalized spacial score (nSPS) is 10.9. The number of aryl methyl sites for hydroxylation is 1.